The number of ether oxygens (including phenoxy) is 3. The highest BCUT2D eigenvalue weighted by Gasteiger charge is 2.67. The third-order valence-corrected chi connectivity index (χ3v) is 15.2. The summed E-state index contributed by atoms with van der Waals surface area (Å²) in [5.74, 6) is -4.04. The number of carbonyl (C=O) groups excluding carboxylic acids is 4. The van der Waals surface area contributed by atoms with E-state index in [0.29, 0.717) is 5.56 Å². The van der Waals surface area contributed by atoms with Crippen molar-refractivity contribution in [3.8, 4) is 0 Å². The van der Waals surface area contributed by atoms with E-state index in [1.54, 1.807) is 31.2 Å². The van der Waals surface area contributed by atoms with Gasteiger partial charge in [0.1, 0.15) is 36.6 Å². The minimum absolute atomic E-state index is 0.0267. The van der Waals surface area contributed by atoms with Crippen LogP contribution in [-0.2, 0) is 52.1 Å². The number of aliphatic hydroxyl groups excluding tert-OH is 9. The molecule has 3 saturated heterocycles. The maximum atomic E-state index is 16.8. The van der Waals surface area contributed by atoms with Gasteiger partial charge in [0.15, 0.2) is 30.4 Å². The minimum atomic E-state index is -3.84. The predicted molar refractivity (Wildman–Crippen MR) is 231 cm³/mol. The second-order valence-corrected chi connectivity index (χ2v) is 21.4. The lowest BCUT2D eigenvalue weighted by Crippen LogP contribution is -2.60. The lowest BCUT2D eigenvalue weighted by Gasteiger charge is -2.37. The largest absolute Gasteiger partial charge is 0.395 e. The van der Waals surface area contributed by atoms with Crippen molar-refractivity contribution in [2.24, 2.45) is 5.92 Å². The van der Waals surface area contributed by atoms with Crippen LogP contribution >= 0.6 is 0 Å². The number of aliphatic hydroxyl groups is 9. The number of rotatable bonds is 13. The highest BCUT2D eigenvalue weighted by molar-refractivity contribution is 6.72. The summed E-state index contributed by atoms with van der Waals surface area (Å²) < 4.78 is 33.8. The zero-order valence-corrected chi connectivity index (χ0v) is 37.1. The lowest BCUT2D eigenvalue weighted by atomic mass is 9.82. The van der Waals surface area contributed by atoms with Gasteiger partial charge in [-0.05, 0) is 54.6 Å². The van der Waals surface area contributed by atoms with E-state index < -0.39 is 117 Å². The van der Waals surface area contributed by atoms with Crippen molar-refractivity contribution >= 4 is 49.1 Å². The number of hydrogen-bond donors (Lipinski definition) is 11. The molecule has 0 aliphatic carbocycles. The molecule has 1 spiro atoms. The fourth-order valence-electron chi connectivity index (χ4n) is 9.51. The van der Waals surface area contributed by atoms with Crippen molar-refractivity contribution in [3.05, 3.63) is 89.5 Å². The molecule has 4 aliphatic heterocycles. The van der Waals surface area contributed by atoms with Gasteiger partial charge >= 0.3 is 0 Å². The molecule has 0 radical (unpaired) electrons. The number of anilines is 3. The summed E-state index contributed by atoms with van der Waals surface area (Å²) in [7, 11) is -3.84. The molecule has 22 heteroatoms. The van der Waals surface area contributed by atoms with Gasteiger partial charge in [-0.1, -0.05) is 49.4 Å². The van der Waals surface area contributed by atoms with E-state index in [-0.39, 0.29) is 55.3 Å². The Morgan fingerprint density at radius 2 is 1.32 bits per heavy atom. The van der Waals surface area contributed by atoms with E-state index in [2.05, 4.69) is 10.6 Å². The van der Waals surface area contributed by atoms with Crippen LogP contribution in [0, 0.1) is 5.92 Å². The van der Waals surface area contributed by atoms with Gasteiger partial charge < -0.3 is 84.7 Å². The van der Waals surface area contributed by atoms with Gasteiger partial charge in [-0.15, -0.1) is 0 Å². The molecule has 3 aromatic rings. The van der Waals surface area contributed by atoms with Crippen molar-refractivity contribution in [3.63, 3.8) is 0 Å². The summed E-state index contributed by atoms with van der Waals surface area (Å²) in [5, 5.41) is 96.2. The number of benzene rings is 3. The Morgan fingerprint density at radius 1 is 0.758 bits per heavy atom. The molecule has 0 bridgehead atoms. The first-order chi connectivity index (χ1) is 31.2. The highest BCUT2D eigenvalue weighted by atomic mass is 28.4. The van der Waals surface area contributed by atoms with Crippen LogP contribution in [0.4, 0.5) is 21.2 Å². The second-order valence-electron chi connectivity index (χ2n) is 17.6. The molecule has 358 valence electrons. The molecule has 66 heavy (non-hydrogen) atoms. The fraction of sp³-hybridized carbons (Fsp3) is 0.500. The van der Waals surface area contributed by atoms with E-state index in [9.17, 15) is 60.3 Å². The maximum absolute atomic E-state index is 16.8. The van der Waals surface area contributed by atoms with Crippen molar-refractivity contribution in [2.75, 3.05) is 28.7 Å². The Morgan fingerprint density at radius 3 is 1.88 bits per heavy atom. The van der Waals surface area contributed by atoms with Gasteiger partial charge in [-0.2, -0.15) is 0 Å². The van der Waals surface area contributed by atoms with Crippen LogP contribution in [-0.4, -0.2) is 164 Å². The Hall–Kier alpha value is -4.79. The molecule has 20 nitrogen and oxygen atoms in total. The van der Waals surface area contributed by atoms with Crippen molar-refractivity contribution in [1.82, 2.24) is 4.90 Å². The summed E-state index contributed by atoms with van der Waals surface area (Å²) in [5.41, 5.74) is -1.09. The monoisotopic (exact) mass is 942 g/mol. The van der Waals surface area contributed by atoms with Gasteiger partial charge in [0.05, 0.1) is 31.4 Å². The van der Waals surface area contributed by atoms with Crippen molar-refractivity contribution in [2.45, 2.75) is 118 Å². The molecule has 4 amide bonds. The number of hydrogen-bond acceptors (Lipinski definition) is 16. The molecule has 0 aromatic heterocycles. The standard InChI is InChI=1S/C44H55FN4O16Si/c1-21-38(66(2,3)45)28(18-29(51)48(14-15-50)19-22-8-5-4-6-9-22)65-44(21)26-17-25(47-40(59)37-33(55)31(53)35(57)42(61)64-37)12-13-27(26)49(43(44)62)20-23-10-7-11-24(16-23)46-39(58)36-32(54)30(52)34(56)41(60)63-36/h4-13,16-17,21,28,30-38,41-42,50,52-57,60-61H,14-15,18-20H2,1-3H3,(H,46,58)(H,47,59)/t21-,28+,30+,31+,32+,33+,34-,35-,36+,37+,38-,41-,42-,44+/m1/s1. The van der Waals surface area contributed by atoms with Crippen molar-refractivity contribution < 1.29 is 83.5 Å². The van der Waals surface area contributed by atoms with Gasteiger partial charge in [-0.3, -0.25) is 19.2 Å². The average molecular weight is 943 g/mol. The highest BCUT2D eigenvalue weighted by Crippen LogP contribution is 2.60. The Kier molecular flexibility index (Phi) is 14.5. The molecule has 7 rings (SSSR count). The first kappa shape index (κ1) is 49.1. The molecule has 4 aliphatic rings. The topological polar surface area (TPSA) is 309 Å². The zero-order chi connectivity index (χ0) is 48.0. The first-order valence-corrected chi connectivity index (χ1v) is 24.3. The SMILES string of the molecule is C[C@@H]1[C@@H]([Si](C)(C)F)[C@H](CC(=O)N(CCO)Cc2ccccc2)O[C@@]12C(=O)N(Cc1cccc(NC(=O)[C@H]3O[C@@H](O)[C@H](O)[C@@H](O)[C@@H]3O)c1)c1ccc(NC(=O)[C@H]3O[C@@H](O)[C@H](O)[C@@H](O)[C@@H]3O)cc12. The van der Waals surface area contributed by atoms with E-state index >= 15 is 8.90 Å². The van der Waals surface area contributed by atoms with Crippen LogP contribution in [0.15, 0.2) is 72.8 Å². The third-order valence-electron chi connectivity index (χ3n) is 12.8. The summed E-state index contributed by atoms with van der Waals surface area (Å²) in [6.07, 6.45) is -20.5. The molecule has 14 atom stereocenters. The zero-order valence-electron chi connectivity index (χ0n) is 36.1. The van der Waals surface area contributed by atoms with Crippen LogP contribution in [0.3, 0.4) is 0 Å². The number of fused-ring (bicyclic) bond motifs is 2. The van der Waals surface area contributed by atoms with Crippen LogP contribution in [0.2, 0.25) is 18.6 Å². The second kappa shape index (κ2) is 19.4. The Labute approximate surface area is 378 Å². The van der Waals surface area contributed by atoms with E-state index in [4.69, 9.17) is 14.2 Å². The fourth-order valence-corrected chi connectivity index (χ4v) is 12.0. The van der Waals surface area contributed by atoms with Crippen molar-refractivity contribution in [1.29, 1.82) is 0 Å². The Balaban J connectivity index is 1.22. The summed E-state index contributed by atoms with van der Waals surface area (Å²) in [6, 6.07) is 19.6. The normalized spacial score (nSPS) is 33.1. The van der Waals surface area contributed by atoms with E-state index in [0.717, 1.165) is 5.56 Å². The third kappa shape index (κ3) is 9.38. The quantitative estimate of drug-likeness (QED) is 0.0716. The van der Waals surface area contributed by atoms with Crippen LogP contribution in [0.25, 0.3) is 0 Å². The number of amides is 4. The maximum Gasteiger partial charge on any atom is 0.264 e. The van der Waals surface area contributed by atoms with Crippen LogP contribution in [0.5, 0.6) is 0 Å². The van der Waals surface area contributed by atoms with Gasteiger partial charge in [-0.25, -0.2) is 0 Å². The van der Waals surface area contributed by atoms with E-state index in [1.807, 2.05) is 18.2 Å². The molecular formula is C44H55FN4O16Si. The number of nitrogens with one attached hydrogen (secondary N) is 2. The smallest absolute Gasteiger partial charge is 0.264 e. The molecule has 11 N–H and O–H groups in total. The lowest BCUT2D eigenvalue weighted by molar-refractivity contribution is -0.274. The molecule has 3 fully saturated rings. The number of nitrogens with zero attached hydrogens (tertiary/aromatic N) is 2. The number of halogens is 1. The molecule has 0 unspecified atom stereocenters. The first-order valence-electron chi connectivity index (χ1n) is 21.4. The molecule has 3 aromatic carbocycles. The Bertz CT molecular complexity index is 2280. The number of carbonyl (C=O) groups is 4. The van der Waals surface area contributed by atoms with E-state index in [1.165, 1.54) is 53.2 Å². The summed E-state index contributed by atoms with van der Waals surface area (Å²) in [6.45, 7) is 4.13. The van der Waals surface area contributed by atoms with Crippen LogP contribution < -0.4 is 15.5 Å². The van der Waals surface area contributed by atoms with Gasteiger partial charge in [0, 0.05) is 41.5 Å². The average Bonchev–Trinajstić information content (AvgIpc) is 3.70. The minimum Gasteiger partial charge on any atom is -0.395 e. The molecular weight excluding hydrogens is 888 g/mol. The molecule has 4 heterocycles. The summed E-state index contributed by atoms with van der Waals surface area (Å²) >= 11 is 0. The van der Waals surface area contributed by atoms with Gasteiger partial charge in [0.2, 0.25) is 14.3 Å². The van der Waals surface area contributed by atoms with Gasteiger partial charge in [0.25, 0.3) is 17.7 Å². The van der Waals surface area contributed by atoms with Crippen LogP contribution in [0.1, 0.15) is 30.0 Å². The predicted octanol–water partition coefficient (Wildman–Crippen LogP) is -1.10. The summed E-state index contributed by atoms with van der Waals surface area (Å²) in [4.78, 5) is 58.9. The molecule has 0 saturated carbocycles.